The number of fused-ring (bicyclic) bond motifs is 3. The first kappa shape index (κ1) is 18.1. The lowest BCUT2D eigenvalue weighted by Crippen LogP contribution is -2.26. The van der Waals surface area contributed by atoms with E-state index < -0.39 is 0 Å². The molecule has 0 radical (unpaired) electrons. The summed E-state index contributed by atoms with van der Waals surface area (Å²) < 4.78 is 5.88. The maximum absolute atomic E-state index is 13.5. The molecule has 0 saturated carbocycles. The van der Waals surface area contributed by atoms with E-state index in [1.165, 1.54) is 11.1 Å². The van der Waals surface area contributed by atoms with Gasteiger partial charge in [-0.3, -0.25) is 9.78 Å². The minimum Gasteiger partial charge on any atom is -0.492 e. The van der Waals surface area contributed by atoms with Crippen LogP contribution in [0.5, 0.6) is 5.75 Å². The molecular formula is C25H22N4O2. The molecule has 0 unspecified atom stereocenters. The maximum atomic E-state index is 13.5. The molecule has 1 N–H and O–H groups in total. The fourth-order valence-corrected chi connectivity index (χ4v) is 4.71. The molecule has 0 fully saturated rings. The number of amides is 1. The quantitative estimate of drug-likeness (QED) is 0.720. The molecule has 0 atom stereocenters. The van der Waals surface area contributed by atoms with Crippen molar-refractivity contribution in [3.05, 3.63) is 93.8 Å². The van der Waals surface area contributed by atoms with Gasteiger partial charge in [-0.15, -0.1) is 0 Å². The lowest BCUT2D eigenvalue weighted by atomic mass is 9.94. The molecule has 3 aliphatic rings. The molecule has 6 rings (SSSR count). The number of carbonyl (C=O) groups is 1. The van der Waals surface area contributed by atoms with E-state index in [1.807, 2.05) is 29.2 Å². The highest BCUT2D eigenvalue weighted by Gasteiger charge is 2.30. The molecule has 0 bridgehead atoms. The number of ether oxygens (including phenoxy) is 1. The second-order valence-electron chi connectivity index (χ2n) is 8.23. The van der Waals surface area contributed by atoms with Gasteiger partial charge >= 0.3 is 0 Å². The fraction of sp³-hybridized carbons (Fsp3) is 0.240. The van der Waals surface area contributed by atoms with Crippen molar-refractivity contribution in [3.63, 3.8) is 0 Å². The molecule has 2 aromatic carbocycles. The number of nitrogens with one attached hydrogen (secondary N) is 1. The van der Waals surface area contributed by atoms with Gasteiger partial charge < -0.3 is 15.1 Å². The Bertz CT molecular complexity index is 1210. The van der Waals surface area contributed by atoms with Gasteiger partial charge in [-0.2, -0.15) is 5.10 Å². The largest absolute Gasteiger partial charge is 0.492 e. The van der Waals surface area contributed by atoms with Crippen LogP contribution >= 0.6 is 0 Å². The first-order valence-electron chi connectivity index (χ1n) is 10.6. The third-order valence-corrected chi connectivity index (χ3v) is 6.23. The standard InChI is InChI=1S/C25H22N4O2/c30-25(29-14-19-5-3-8-26-23(19)15-29)21-11-16(10-17-7-9-31-24(17)21)12-22-20-6-2-1-4-18(20)13-27-28-22/h1-6,8,10-11,27H,7,9,12-15H2. The van der Waals surface area contributed by atoms with E-state index in [-0.39, 0.29) is 5.91 Å². The Morgan fingerprint density at radius 2 is 1.97 bits per heavy atom. The molecule has 6 heteroatoms. The molecule has 31 heavy (non-hydrogen) atoms. The summed E-state index contributed by atoms with van der Waals surface area (Å²) in [6.07, 6.45) is 3.27. The van der Waals surface area contributed by atoms with Crippen molar-refractivity contribution in [2.75, 3.05) is 6.61 Å². The summed E-state index contributed by atoms with van der Waals surface area (Å²) in [4.78, 5) is 19.8. The van der Waals surface area contributed by atoms with Gasteiger partial charge in [0.2, 0.25) is 0 Å². The summed E-state index contributed by atoms with van der Waals surface area (Å²) in [5, 5.41) is 4.57. The van der Waals surface area contributed by atoms with Gasteiger partial charge in [-0.25, -0.2) is 0 Å². The van der Waals surface area contributed by atoms with Crippen molar-refractivity contribution in [1.82, 2.24) is 15.3 Å². The third-order valence-electron chi connectivity index (χ3n) is 6.23. The Morgan fingerprint density at radius 3 is 2.90 bits per heavy atom. The summed E-state index contributed by atoms with van der Waals surface area (Å²) in [5.74, 6) is 0.740. The zero-order valence-corrected chi connectivity index (χ0v) is 17.1. The summed E-state index contributed by atoms with van der Waals surface area (Å²) in [6, 6.07) is 16.5. The average molecular weight is 410 g/mol. The molecule has 1 aromatic heterocycles. The predicted molar refractivity (Wildman–Crippen MR) is 117 cm³/mol. The Labute approximate surface area is 180 Å². The monoisotopic (exact) mass is 410 g/mol. The minimum absolute atomic E-state index is 0.00195. The van der Waals surface area contributed by atoms with Gasteiger partial charge in [0.25, 0.3) is 5.91 Å². The fourth-order valence-electron chi connectivity index (χ4n) is 4.71. The van der Waals surface area contributed by atoms with E-state index in [4.69, 9.17) is 4.74 Å². The normalized spacial score (nSPS) is 16.0. The molecule has 3 aliphatic heterocycles. The zero-order chi connectivity index (χ0) is 20.8. The second-order valence-corrected chi connectivity index (χ2v) is 8.23. The Kier molecular flexibility index (Phi) is 4.23. The smallest absolute Gasteiger partial charge is 0.258 e. The van der Waals surface area contributed by atoms with E-state index in [0.717, 1.165) is 46.8 Å². The van der Waals surface area contributed by atoms with Crippen LogP contribution < -0.4 is 10.2 Å². The summed E-state index contributed by atoms with van der Waals surface area (Å²) in [6.45, 7) is 2.49. The van der Waals surface area contributed by atoms with Crippen LogP contribution in [-0.4, -0.2) is 28.1 Å². The second kappa shape index (κ2) is 7.23. The number of carbonyl (C=O) groups excluding carboxylic acids is 1. The number of benzene rings is 2. The van der Waals surface area contributed by atoms with Crippen LogP contribution in [0.25, 0.3) is 0 Å². The molecule has 0 spiro atoms. The lowest BCUT2D eigenvalue weighted by molar-refractivity contribution is 0.0746. The van der Waals surface area contributed by atoms with Crippen LogP contribution in [0, 0.1) is 0 Å². The number of hydrazone groups is 1. The molecule has 0 aliphatic carbocycles. The van der Waals surface area contributed by atoms with Crippen molar-refractivity contribution in [2.45, 2.75) is 32.5 Å². The average Bonchev–Trinajstić information content (AvgIpc) is 3.45. The molecular weight excluding hydrogens is 388 g/mol. The van der Waals surface area contributed by atoms with Crippen LogP contribution in [-0.2, 0) is 32.5 Å². The van der Waals surface area contributed by atoms with Gasteiger partial charge in [0, 0.05) is 31.1 Å². The Morgan fingerprint density at radius 1 is 1.06 bits per heavy atom. The van der Waals surface area contributed by atoms with Crippen LogP contribution in [0.15, 0.2) is 59.8 Å². The molecule has 6 nitrogen and oxygen atoms in total. The van der Waals surface area contributed by atoms with E-state index in [0.29, 0.717) is 31.7 Å². The number of aromatic nitrogens is 1. The highest BCUT2D eigenvalue weighted by Crippen LogP contribution is 2.34. The highest BCUT2D eigenvalue weighted by molar-refractivity contribution is 6.04. The number of rotatable bonds is 3. The van der Waals surface area contributed by atoms with Gasteiger partial charge in [0.05, 0.1) is 36.7 Å². The van der Waals surface area contributed by atoms with Crippen molar-refractivity contribution in [1.29, 1.82) is 0 Å². The zero-order valence-electron chi connectivity index (χ0n) is 17.1. The van der Waals surface area contributed by atoms with Crippen LogP contribution in [0.4, 0.5) is 0 Å². The molecule has 0 saturated heterocycles. The SMILES string of the molecule is O=C(c1cc(CC2=NNCc3ccccc32)cc2c1OCC2)N1Cc2cccnc2C1. The van der Waals surface area contributed by atoms with Crippen molar-refractivity contribution < 1.29 is 9.53 Å². The first-order valence-corrected chi connectivity index (χ1v) is 10.6. The van der Waals surface area contributed by atoms with Crippen LogP contribution in [0.3, 0.4) is 0 Å². The summed E-state index contributed by atoms with van der Waals surface area (Å²) >= 11 is 0. The Hall–Kier alpha value is -3.67. The van der Waals surface area contributed by atoms with Gasteiger partial charge in [-0.05, 0) is 34.4 Å². The maximum Gasteiger partial charge on any atom is 0.258 e. The molecule has 1 amide bonds. The first-order chi connectivity index (χ1) is 15.3. The van der Waals surface area contributed by atoms with Crippen LogP contribution in [0.2, 0.25) is 0 Å². The summed E-state index contributed by atoms with van der Waals surface area (Å²) in [7, 11) is 0. The summed E-state index contributed by atoms with van der Waals surface area (Å²) in [5.41, 5.74) is 11.5. The van der Waals surface area contributed by atoms with Gasteiger partial charge in [0.1, 0.15) is 5.75 Å². The van der Waals surface area contributed by atoms with Crippen molar-refractivity contribution in [3.8, 4) is 5.75 Å². The predicted octanol–water partition coefficient (Wildman–Crippen LogP) is 3.22. The number of pyridine rings is 1. The van der Waals surface area contributed by atoms with Crippen LogP contribution in [0.1, 0.15) is 43.9 Å². The molecule has 154 valence electrons. The lowest BCUT2D eigenvalue weighted by Gasteiger charge is -2.20. The molecule has 3 aromatic rings. The Balaban J connectivity index is 1.33. The van der Waals surface area contributed by atoms with Gasteiger partial charge in [0.15, 0.2) is 0 Å². The highest BCUT2D eigenvalue weighted by atomic mass is 16.5. The van der Waals surface area contributed by atoms with E-state index in [9.17, 15) is 4.79 Å². The van der Waals surface area contributed by atoms with Crippen molar-refractivity contribution >= 4 is 11.6 Å². The van der Waals surface area contributed by atoms with E-state index >= 15 is 0 Å². The topological polar surface area (TPSA) is 66.8 Å². The number of nitrogens with zero attached hydrogens (tertiary/aromatic N) is 3. The number of hydrogen-bond donors (Lipinski definition) is 1. The molecule has 4 heterocycles. The van der Waals surface area contributed by atoms with Crippen molar-refractivity contribution in [2.24, 2.45) is 5.10 Å². The van der Waals surface area contributed by atoms with Gasteiger partial charge in [-0.1, -0.05) is 36.4 Å². The minimum atomic E-state index is 0.00195. The van der Waals surface area contributed by atoms with E-state index in [2.05, 4.69) is 39.8 Å². The van der Waals surface area contributed by atoms with E-state index in [1.54, 1.807) is 6.20 Å². The number of hydrogen-bond acceptors (Lipinski definition) is 5. The third kappa shape index (κ3) is 3.15.